The van der Waals surface area contributed by atoms with Gasteiger partial charge in [-0.15, -0.1) is 0 Å². The number of carbonyl (C=O) groups is 5. The van der Waals surface area contributed by atoms with Gasteiger partial charge in [0, 0.05) is 5.69 Å². The van der Waals surface area contributed by atoms with Crippen LogP contribution >= 0.6 is 0 Å². The first-order chi connectivity index (χ1) is 18.6. The topological polar surface area (TPSA) is 150 Å². The zero-order valence-corrected chi connectivity index (χ0v) is 22.9. The maximum Gasteiger partial charge on any atom is 0.326 e. The Labute approximate surface area is 229 Å². The van der Waals surface area contributed by atoms with Crippen LogP contribution in [0.3, 0.4) is 0 Å². The average molecular weight is 545 g/mol. The van der Waals surface area contributed by atoms with Crippen molar-refractivity contribution in [1.82, 2.24) is 5.32 Å². The summed E-state index contributed by atoms with van der Waals surface area (Å²) in [5.74, 6) is -3.84. The Hall–Kier alpha value is -3.43. The standard InChI is InChI=1S/C29H40N2O8/c1-3-5-14-29(27(37)38,17-23(32)33)19-28(15-8-9-16-28)26(36)30-21-13-12-20-10-6-7-11-22(20)31(25(21)35)18-24(34)39-4-2/h6-7,10-11,21H,3-5,8-9,12-19H2,1-2H3,(H,30,36)(H,32,33)(H,37,38)/t21-,29?/m0/s1. The number of hydrogen-bond acceptors (Lipinski definition) is 6. The number of esters is 1. The molecule has 2 atom stereocenters. The third-order valence-corrected chi connectivity index (χ3v) is 8.12. The molecule has 1 aliphatic heterocycles. The summed E-state index contributed by atoms with van der Waals surface area (Å²) < 4.78 is 5.08. The summed E-state index contributed by atoms with van der Waals surface area (Å²) in [6.07, 6.45) is 3.79. The number of aliphatic carboxylic acids is 2. The Kier molecular flexibility index (Phi) is 10.1. The Morgan fingerprint density at radius 1 is 1.13 bits per heavy atom. The summed E-state index contributed by atoms with van der Waals surface area (Å²) in [4.78, 5) is 65.6. The number of anilines is 1. The Balaban J connectivity index is 1.90. The van der Waals surface area contributed by atoms with Crippen molar-refractivity contribution in [3.63, 3.8) is 0 Å². The van der Waals surface area contributed by atoms with E-state index in [-0.39, 0.29) is 26.0 Å². The first-order valence-corrected chi connectivity index (χ1v) is 13.9. The molecule has 10 nitrogen and oxygen atoms in total. The van der Waals surface area contributed by atoms with Gasteiger partial charge in [-0.1, -0.05) is 50.8 Å². The van der Waals surface area contributed by atoms with Crippen LogP contribution in [0.1, 0.15) is 83.6 Å². The summed E-state index contributed by atoms with van der Waals surface area (Å²) in [5, 5.41) is 22.7. The van der Waals surface area contributed by atoms with Gasteiger partial charge in [0.05, 0.1) is 23.9 Å². The lowest BCUT2D eigenvalue weighted by atomic mass is 9.65. The van der Waals surface area contributed by atoms with E-state index in [0.29, 0.717) is 57.1 Å². The molecule has 214 valence electrons. The summed E-state index contributed by atoms with van der Waals surface area (Å²) in [7, 11) is 0. The molecule has 1 aromatic rings. The first kappa shape index (κ1) is 30.1. The second-order valence-electron chi connectivity index (χ2n) is 10.8. The van der Waals surface area contributed by atoms with Crippen LogP contribution in [-0.2, 0) is 35.1 Å². The van der Waals surface area contributed by atoms with Crippen molar-refractivity contribution in [1.29, 1.82) is 0 Å². The lowest BCUT2D eigenvalue weighted by Crippen LogP contribution is -2.54. The third kappa shape index (κ3) is 6.96. The minimum absolute atomic E-state index is 0.0961. The van der Waals surface area contributed by atoms with Crippen LogP contribution < -0.4 is 10.2 Å². The van der Waals surface area contributed by atoms with E-state index in [4.69, 9.17) is 4.74 Å². The van der Waals surface area contributed by atoms with Crippen LogP contribution in [-0.4, -0.2) is 59.1 Å². The number of ether oxygens (including phenoxy) is 1. The number of nitrogens with zero attached hydrogens (tertiary/aromatic N) is 1. The lowest BCUT2D eigenvalue weighted by Gasteiger charge is -2.38. The van der Waals surface area contributed by atoms with Crippen LogP contribution in [0.25, 0.3) is 0 Å². The maximum absolute atomic E-state index is 13.9. The number of rotatable bonds is 13. The van der Waals surface area contributed by atoms with Gasteiger partial charge >= 0.3 is 17.9 Å². The molecule has 0 saturated heterocycles. The number of carboxylic acid groups (broad SMARTS) is 2. The number of nitrogens with one attached hydrogen (secondary N) is 1. The number of benzene rings is 1. The highest BCUT2D eigenvalue weighted by atomic mass is 16.5. The Morgan fingerprint density at radius 3 is 2.44 bits per heavy atom. The predicted molar refractivity (Wildman–Crippen MR) is 143 cm³/mol. The van der Waals surface area contributed by atoms with Gasteiger partial charge < -0.3 is 20.3 Å². The molecule has 0 aromatic heterocycles. The zero-order valence-electron chi connectivity index (χ0n) is 22.9. The Bertz CT molecular complexity index is 1080. The molecule has 2 amide bonds. The fraction of sp³-hybridized carbons (Fsp3) is 0.621. The molecule has 0 bridgehead atoms. The Morgan fingerprint density at radius 2 is 1.82 bits per heavy atom. The molecule has 1 fully saturated rings. The second-order valence-corrected chi connectivity index (χ2v) is 10.8. The minimum atomic E-state index is -1.58. The van der Waals surface area contributed by atoms with Crippen molar-refractivity contribution in [3.05, 3.63) is 29.8 Å². The van der Waals surface area contributed by atoms with Gasteiger partial charge in [-0.25, -0.2) is 0 Å². The highest BCUT2D eigenvalue weighted by Gasteiger charge is 2.52. The SMILES string of the molecule is CCCCC(CC(=O)O)(CC1(C(=O)N[C@H]2CCc3ccccc3N(CC(=O)OCC)C2=O)CCCC1)C(=O)O. The first-order valence-electron chi connectivity index (χ1n) is 13.9. The fourth-order valence-electron chi connectivity index (χ4n) is 6.15. The molecule has 1 aromatic carbocycles. The number of aryl methyl sites for hydroxylation is 1. The minimum Gasteiger partial charge on any atom is -0.481 e. The van der Waals surface area contributed by atoms with Crippen molar-refractivity contribution in [2.75, 3.05) is 18.1 Å². The van der Waals surface area contributed by atoms with Crippen molar-refractivity contribution < 1.29 is 38.9 Å². The van der Waals surface area contributed by atoms with E-state index in [1.54, 1.807) is 19.1 Å². The maximum atomic E-state index is 13.9. The van der Waals surface area contributed by atoms with E-state index in [2.05, 4.69) is 5.32 Å². The molecule has 10 heteroatoms. The number of hydrogen-bond donors (Lipinski definition) is 3. The van der Waals surface area contributed by atoms with E-state index in [0.717, 1.165) is 5.56 Å². The monoisotopic (exact) mass is 544 g/mol. The lowest BCUT2D eigenvalue weighted by molar-refractivity contribution is -0.160. The molecule has 3 N–H and O–H groups in total. The van der Waals surface area contributed by atoms with Gasteiger partial charge in [0.1, 0.15) is 12.6 Å². The van der Waals surface area contributed by atoms with Crippen LogP contribution in [0.15, 0.2) is 24.3 Å². The highest BCUT2D eigenvalue weighted by molar-refractivity contribution is 6.03. The average Bonchev–Trinajstić information content (AvgIpc) is 3.32. The predicted octanol–water partition coefficient (Wildman–Crippen LogP) is 3.70. The van der Waals surface area contributed by atoms with Crippen LogP contribution in [0.2, 0.25) is 0 Å². The molecule has 0 spiro atoms. The largest absolute Gasteiger partial charge is 0.481 e. The number of carboxylic acids is 2. The molecule has 3 rings (SSSR count). The quantitative estimate of drug-likeness (QED) is 0.318. The molecule has 1 heterocycles. The summed E-state index contributed by atoms with van der Waals surface area (Å²) in [5.41, 5.74) is -1.21. The van der Waals surface area contributed by atoms with Crippen molar-refractivity contribution in [2.24, 2.45) is 10.8 Å². The number of fused-ring (bicyclic) bond motifs is 1. The van der Waals surface area contributed by atoms with Gasteiger partial charge in [0.25, 0.3) is 0 Å². The number of amides is 2. The van der Waals surface area contributed by atoms with Crippen molar-refractivity contribution in [2.45, 2.75) is 90.5 Å². The van der Waals surface area contributed by atoms with E-state index < -0.39 is 53.0 Å². The van der Waals surface area contributed by atoms with Gasteiger partial charge in [-0.2, -0.15) is 0 Å². The number of para-hydroxylation sites is 1. The zero-order chi connectivity index (χ0) is 28.6. The highest BCUT2D eigenvalue weighted by Crippen LogP contribution is 2.50. The van der Waals surface area contributed by atoms with Crippen molar-refractivity contribution >= 4 is 35.4 Å². The van der Waals surface area contributed by atoms with Crippen LogP contribution in [0.5, 0.6) is 0 Å². The number of unbranched alkanes of at least 4 members (excludes halogenated alkanes) is 1. The molecule has 0 radical (unpaired) electrons. The number of carbonyl (C=O) groups excluding carboxylic acids is 3. The second kappa shape index (κ2) is 13.1. The van der Waals surface area contributed by atoms with Gasteiger partial charge in [-0.3, -0.25) is 28.9 Å². The molecular weight excluding hydrogens is 504 g/mol. The molecular formula is C29H40N2O8. The van der Waals surface area contributed by atoms with Gasteiger partial charge in [-0.05, 0) is 57.1 Å². The molecule has 1 saturated carbocycles. The smallest absolute Gasteiger partial charge is 0.326 e. The van der Waals surface area contributed by atoms with Gasteiger partial charge in [0.15, 0.2) is 0 Å². The van der Waals surface area contributed by atoms with Crippen LogP contribution in [0.4, 0.5) is 5.69 Å². The van der Waals surface area contributed by atoms with E-state index in [9.17, 15) is 34.2 Å². The molecule has 2 aliphatic rings. The molecule has 1 aliphatic carbocycles. The van der Waals surface area contributed by atoms with E-state index in [1.807, 2.05) is 19.1 Å². The fourth-order valence-corrected chi connectivity index (χ4v) is 6.15. The molecule has 1 unspecified atom stereocenters. The molecule has 39 heavy (non-hydrogen) atoms. The summed E-state index contributed by atoms with van der Waals surface area (Å²) in [6, 6.07) is 6.34. The van der Waals surface area contributed by atoms with E-state index in [1.165, 1.54) is 4.90 Å². The van der Waals surface area contributed by atoms with Crippen molar-refractivity contribution in [3.8, 4) is 0 Å². The summed E-state index contributed by atoms with van der Waals surface area (Å²) >= 11 is 0. The normalized spacial score (nSPS) is 19.9. The third-order valence-electron chi connectivity index (χ3n) is 8.12. The van der Waals surface area contributed by atoms with Gasteiger partial charge in [0.2, 0.25) is 11.8 Å². The summed E-state index contributed by atoms with van der Waals surface area (Å²) in [6.45, 7) is 3.47. The van der Waals surface area contributed by atoms with Crippen LogP contribution in [0, 0.1) is 10.8 Å². The van der Waals surface area contributed by atoms with E-state index >= 15 is 0 Å².